The molecule has 2 aliphatic carbocycles. The summed E-state index contributed by atoms with van der Waals surface area (Å²) in [6, 6.07) is 14.7. The van der Waals surface area contributed by atoms with E-state index in [0.29, 0.717) is 18.8 Å². The highest BCUT2D eigenvalue weighted by molar-refractivity contribution is 7.98. The number of hydrogen-bond acceptors (Lipinski definition) is 4. The molecule has 1 atom stereocenters. The summed E-state index contributed by atoms with van der Waals surface area (Å²) >= 11 is 1.80. The fourth-order valence-corrected chi connectivity index (χ4v) is 5.11. The maximum Gasteiger partial charge on any atom is 0.307 e. The van der Waals surface area contributed by atoms with Crippen molar-refractivity contribution in [2.45, 2.75) is 42.2 Å². The minimum atomic E-state index is -0.709. The molecule has 0 saturated heterocycles. The van der Waals surface area contributed by atoms with Crippen LogP contribution in [-0.2, 0) is 23.4 Å². The molecule has 2 aromatic carbocycles. The van der Waals surface area contributed by atoms with Crippen LogP contribution >= 0.6 is 24.2 Å². The van der Waals surface area contributed by atoms with Gasteiger partial charge >= 0.3 is 5.97 Å². The Bertz CT molecular complexity index is 1040. The topological polar surface area (TPSA) is 63.1 Å². The zero-order valence-corrected chi connectivity index (χ0v) is 16.9. The number of carboxylic acid groups (broad SMARTS) is 1. The molecule has 1 fully saturated rings. The second-order valence-electron chi connectivity index (χ2n) is 7.54. The zero-order chi connectivity index (χ0) is 18.4. The summed E-state index contributed by atoms with van der Waals surface area (Å²) in [6.07, 6.45) is 3.59. The van der Waals surface area contributed by atoms with Gasteiger partial charge in [-0.25, -0.2) is 0 Å². The third-order valence-corrected chi connectivity index (χ3v) is 6.78. The summed E-state index contributed by atoms with van der Waals surface area (Å²) in [6.45, 7) is 0. The minimum Gasteiger partial charge on any atom is -0.481 e. The quantitative estimate of drug-likeness (QED) is 0.596. The molecule has 0 radical (unpaired) electrons. The molecular weight excluding hydrogens is 392 g/mol. The van der Waals surface area contributed by atoms with E-state index >= 15 is 0 Å². The van der Waals surface area contributed by atoms with Gasteiger partial charge in [0.25, 0.3) is 0 Å². The Morgan fingerprint density at radius 3 is 2.61 bits per heavy atom. The van der Waals surface area contributed by atoms with Gasteiger partial charge in [0.05, 0.1) is 17.1 Å². The van der Waals surface area contributed by atoms with E-state index in [9.17, 15) is 9.90 Å². The number of thioether (sulfide) groups is 1. The van der Waals surface area contributed by atoms with E-state index < -0.39 is 5.97 Å². The zero-order valence-electron chi connectivity index (χ0n) is 15.3. The van der Waals surface area contributed by atoms with Crippen LogP contribution in [-0.4, -0.2) is 21.3 Å². The third kappa shape index (κ3) is 3.61. The average Bonchev–Trinajstić information content (AvgIpc) is 3.44. The maximum absolute atomic E-state index is 11.6. The summed E-state index contributed by atoms with van der Waals surface area (Å²) in [4.78, 5) is 12.8. The predicted molar refractivity (Wildman–Crippen MR) is 113 cm³/mol. The van der Waals surface area contributed by atoms with Gasteiger partial charge in [0, 0.05) is 22.0 Å². The second-order valence-corrected chi connectivity index (χ2v) is 8.52. The van der Waals surface area contributed by atoms with Gasteiger partial charge in [-0.1, -0.05) is 30.3 Å². The van der Waals surface area contributed by atoms with Gasteiger partial charge in [0.1, 0.15) is 0 Å². The van der Waals surface area contributed by atoms with Crippen molar-refractivity contribution in [1.29, 1.82) is 0 Å². The fourth-order valence-electron chi connectivity index (χ4n) is 3.90. The van der Waals surface area contributed by atoms with Gasteiger partial charge in [-0.15, -0.1) is 24.2 Å². The number of aliphatic carboxylic acids is 1. The molecule has 6 heteroatoms. The Morgan fingerprint density at radius 1 is 1.11 bits per heavy atom. The molecule has 3 aromatic rings. The number of aromatic nitrogens is 2. The van der Waals surface area contributed by atoms with Crippen molar-refractivity contribution < 1.29 is 9.90 Å². The van der Waals surface area contributed by atoms with Crippen LogP contribution < -0.4 is 0 Å². The van der Waals surface area contributed by atoms with Gasteiger partial charge in [-0.05, 0) is 54.5 Å². The molecule has 28 heavy (non-hydrogen) atoms. The molecule has 4 nitrogen and oxygen atoms in total. The van der Waals surface area contributed by atoms with Crippen molar-refractivity contribution in [2.75, 3.05) is 0 Å². The first-order chi connectivity index (χ1) is 13.2. The van der Waals surface area contributed by atoms with E-state index in [2.05, 4.69) is 46.6 Å². The van der Waals surface area contributed by atoms with Crippen molar-refractivity contribution in [1.82, 2.24) is 10.2 Å². The highest BCUT2D eigenvalue weighted by Gasteiger charge is 2.31. The van der Waals surface area contributed by atoms with E-state index in [1.165, 1.54) is 28.9 Å². The van der Waals surface area contributed by atoms with E-state index in [0.717, 1.165) is 27.9 Å². The first-order valence-corrected chi connectivity index (χ1v) is 10.4. The number of carboxylic acids is 1. The number of fused-ring (bicyclic) bond motifs is 2. The van der Waals surface area contributed by atoms with Crippen LogP contribution in [0.25, 0.3) is 10.9 Å². The largest absolute Gasteiger partial charge is 0.481 e. The highest BCUT2D eigenvalue weighted by Crippen LogP contribution is 2.43. The number of rotatable bonds is 5. The highest BCUT2D eigenvalue weighted by atomic mass is 35.5. The van der Waals surface area contributed by atoms with Crippen molar-refractivity contribution in [3.8, 4) is 0 Å². The molecule has 1 N–H and O–H groups in total. The van der Waals surface area contributed by atoms with Crippen molar-refractivity contribution in [3.05, 3.63) is 64.8 Å². The molecule has 1 heterocycles. The minimum absolute atomic E-state index is 0. The first-order valence-electron chi connectivity index (χ1n) is 9.40. The van der Waals surface area contributed by atoms with Gasteiger partial charge in [0.2, 0.25) is 0 Å². The van der Waals surface area contributed by atoms with Crippen LogP contribution in [0.1, 0.15) is 41.1 Å². The van der Waals surface area contributed by atoms with E-state index in [1.54, 1.807) is 11.8 Å². The van der Waals surface area contributed by atoms with Crippen LogP contribution in [0.3, 0.4) is 0 Å². The number of benzene rings is 2. The molecule has 1 aromatic heterocycles. The van der Waals surface area contributed by atoms with E-state index in [-0.39, 0.29) is 18.3 Å². The molecule has 0 aliphatic heterocycles. The lowest BCUT2D eigenvalue weighted by atomic mass is 10.1. The van der Waals surface area contributed by atoms with Gasteiger partial charge in [-0.3, -0.25) is 4.79 Å². The van der Waals surface area contributed by atoms with Crippen LogP contribution in [0, 0.1) is 5.92 Å². The Labute approximate surface area is 174 Å². The molecule has 5 rings (SSSR count). The Balaban J connectivity index is 0.00000192. The van der Waals surface area contributed by atoms with Gasteiger partial charge in [0.15, 0.2) is 0 Å². The molecule has 144 valence electrons. The molecule has 0 bridgehead atoms. The average molecular weight is 413 g/mol. The number of hydrogen-bond donors (Lipinski definition) is 1. The summed E-state index contributed by atoms with van der Waals surface area (Å²) in [7, 11) is 0. The second kappa shape index (κ2) is 7.72. The van der Waals surface area contributed by atoms with Gasteiger partial charge in [-0.2, -0.15) is 10.2 Å². The Kier molecular flexibility index (Phi) is 5.30. The Morgan fingerprint density at radius 2 is 1.89 bits per heavy atom. The summed E-state index contributed by atoms with van der Waals surface area (Å²) in [5.41, 5.74) is 5.56. The molecule has 1 saturated carbocycles. The maximum atomic E-state index is 11.6. The SMILES string of the molecule is Cl.O=C(O)C1Cc2cc3nnc(C4CC4)cc3c(SCc3ccccc3)c2C1. The monoisotopic (exact) mass is 412 g/mol. The number of carbonyl (C=O) groups is 1. The molecular formula is C22H21ClN2O2S. The molecule has 0 spiro atoms. The van der Waals surface area contributed by atoms with Crippen LogP contribution in [0.4, 0.5) is 0 Å². The van der Waals surface area contributed by atoms with E-state index in [1.807, 2.05) is 6.07 Å². The smallest absolute Gasteiger partial charge is 0.307 e. The van der Waals surface area contributed by atoms with Gasteiger partial charge < -0.3 is 5.11 Å². The number of nitrogens with zero attached hydrogens (tertiary/aromatic N) is 2. The third-order valence-electron chi connectivity index (χ3n) is 5.55. The normalized spacial score (nSPS) is 17.9. The van der Waals surface area contributed by atoms with Crippen LogP contribution in [0.15, 0.2) is 47.4 Å². The summed E-state index contributed by atoms with van der Waals surface area (Å²) in [5.74, 6) is 0.377. The summed E-state index contributed by atoms with van der Waals surface area (Å²) < 4.78 is 0. The van der Waals surface area contributed by atoms with Crippen molar-refractivity contribution in [2.24, 2.45) is 5.92 Å². The molecule has 1 unspecified atom stereocenters. The summed E-state index contributed by atoms with van der Waals surface area (Å²) in [5, 5.41) is 19.6. The lowest BCUT2D eigenvalue weighted by Crippen LogP contribution is -2.12. The van der Waals surface area contributed by atoms with Crippen LogP contribution in [0.5, 0.6) is 0 Å². The van der Waals surface area contributed by atoms with Crippen LogP contribution in [0.2, 0.25) is 0 Å². The lowest BCUT2D eigenvalue weighted by Gasteiger charge is -2.13. The standard InChI is InChI=1S/C22H20N2O2S.ClH/c25-22(26)16-8-15-10-20-18(11-19(23-24-20)14-6-7-14)21(17(15)9-16)27-12-13-4-2-1-3-5-13;/h1-5,10-11,14,16H,6-9,12H2,(H,25,26);1H. The fraction of sp³-hybridized carbons (Fsp3) is 0.318. The predicted octanol–water partition coefficient (Wildman–Crippen LogP) is 5.02. The Hall–Kier alpha value is -2.11. The number of halogens is 1. The molecule has 2 aliphatic rings. The van der Waals surface area contributed by atoms with Crippen molar-refractivity contribution in [3.63, 3.8) is 0 Å². The molecule has 0 amide bonds. The van der Waals surface area contributed by atoms with Crippen molar-refractivity contribution >= 4 is 41.0 Å². The van der Waals surface area contributed by atoms with E-state index in [4.69, 9.17) is 0 Å². The lowest BCUT2D eigenvalue weighted by molar-refractivity contribution is -0.141. The first kappa shape index (κ1) is 19.2.